The maximum atomic E-state index is 12.2. The highest BCUT2D eigenvalue weighted by atomic mass is 16.7. The molecule has 2 aromatic carbocycles. The molecule has 3 rings (SSSR count). The number of pyridine rings is 1. The first kappa shape index (κ1) is 16.4. The van der Waals surface area contributed by atoms with Crippen LogP contribution in [0.3, 0.4) is 0 Å². The van der Waals surface area contributed by atoms with Gasteiger partial charge in [0.1, 0.15) is 11.5 Å². The molecule has 0 spiro atoms. The lowest BCUT2D eigenvalue weighted by molar-refractivity contribution is 0.0517. The first-order valence-electron chi connectivity index (χ1n) is 7.68. The summed E-state index contributed by atoms with van der Waals surface area (Å²) in [5, 5.41) is 4.06. The lowest BCUT2D eigenvalue weighted by atomic mass is 10.1. The summed E-state index contributed by atoms with van der Waals surface area (Å²) in [6.45, 7) is 0. The van der Waals surface area contributed by atoms with E-state index >= 15 is 0 Å². The molecular weight excluding hydrogens is 316 g/mol. The standard InChI is InChI=1S/C20H16N2O3/c1-24-17-12-10-16(11-13-17)20(23)25-22-19(15-7-3-2-4-8-15)18-9-5-6-14-21-18/h2-14H,1H3/b22-19-. The molecule has 0 atom stereocenters. The number of carbonyl (C=O) groups is 1. The van der Waals surface area contributed by atoms with Gasteiger partial charge in [-0.05, 0) is 36.4 Å². The van der Waals surface area contributed by atoms with Gasteiger partial charge in [0.2, 0.25) is 0 Å². The van der Waals surface area contributed by atoms with Crippen molar-refractivity contribution < 1.29 is 14.4 Å². The van der Waals surface area contributed by atoms with Crippen molar-refractivity contribution in [1.29, 1.82) is 0 Å². The van der Waals surface area contributed by atoms with E-state index in [-0.39, 0.29) is 0 Å². The topological polar surface area (TPSA) is 60.8 Å². The fourth-order valence-electron chi connectivity index (χ4n) is 2.21. The average molecular weight is 332 g/mol. The maximum absolute atomic E-state index is 12.2. The predicted octanol–water partition coefficient (Wildman–Crippen LogP) is 3.70. The van der Waals surface area contributed by atoms with Gasteiger partial charge in [0, 0.05) is 11.8 Å². The molecule has 0 bridgehead atoms. The molecule has 3 aromatic rings. The van der Waals surface area contributed by atoms with Gasteiger partial charge in [0.15, 0.2) is 0 Å². The van der Waals surface area contributed by atoms with E-state index in [9.17, 15) is 4.79 Å². The number of oxime groups is 1. The fourth-order valence-corrected chi connectivity index (χ4v) is 2.21. The van der Waals surface area contributed by atoms with Crippen molar-refractivity contribution in [2.24, 2.45) is 5.16 Å². The number of carbonyl (C=O) groups excluding carboxylic acids is 1. The molecule has 1 aromatic heterocycles. The lowest BCUT2D eigenvalue weighted by Gasteiger charge is -2.06. The molecule has 0 amide bonds. The zero-order chi connectivity index (χ0) is 17.5. The van der Waals surface area contributed by atoms with Gasteiger partial charge in [-0.15, -0.1) is 0 Å². The third kappa shape index (κ3) is 4.09. The van der Waals surface area contributed by atoms with Crippen molar-refractivity contribution in [2.45, 2.75) is 0 Å². The number of nitrogens with zero attached hydrogens (tertiary/aromatic N) is 2. The number of methoxy groups -OCH3 is 1. The summed E-state index contributed by atoms with van der Waals surface area (Å²) in [6.07, 6.45) is 1.67. The average Bonchev–Trinajstić information content (AvgIpc) is 2.70. The van der Waals surface area contributed by atoms with Gasteiger partial charge in [0.25, 0.3) is 0 Å². The van der Waals surface area contributed by atoms with E-state index < -0.39 is 5.97 Å². The van der Waals surface area contributed by atoms with Crippen LogP contribution in [0.15, 0.2) is 84.1 Å². The van der Waals surface area contributed by atoms with E-state index in [0.29, 0.717) is 22.7 Å². The third-order valence-electron chi connectivity index (χ3n) is 3.50. The van der Waals surface area contributed by atoms with Crippen molar-refractivity contribution in [2.75, 3.05) is 7.11 Å². The Kier molecular flexibility index (Phi) is 5.16. The Morgan fingerprint density at radius 1 is 0.880 bits per heavy atom. The second kappa shape index (κ2) is 7.88. The first-order chi connectivity index (χ1) is 12.3. The van der Waals surface area contributed by atoms with Crippen LogP contribution in [-0.2, 0) is 4.84 Å². The number of hydrogen-bond acceptors (Lipinski definition) is 5. The Labute approximate surface area is 145 Å². The van der Waals surface area contributed by atoms with Gasteiger partial charge < -0.3 is 9.57 Å². The quantitative estimate of drug-likeness (QED) is 0.406. The summed E-state index contributed by atoms with van der Waals surface area (Å²) in [4.78, 5) is 21.7. The Hall–Kier alpha value is -3.47. The van der Waals surface area contributed by atoms with Crippen LogP contribution < -0.4 is 4.74 Å². The van der Waals surface area contributed by atoms with Gasteiger partial charge >= 0.3 is 5.97 Å². The second-order valence-electron chi connectivity index (χ2n) is 5.13. The van der Waals surface area contributed by atoms with Gasteiger partial charge in [-0.1, -0.05) is 41.6 Å². The van der Waals surface area contributed by atoms with Crippen molar-refractivity contribution in [3.05, 3.63) is 95.8 Å². The van der Waals surface area contributed by atoms with Crippen LogP contribution >= 0.6 is 0 Å². The van der Waals surface area contributed by atoms with E-state index in [1.54, 1.807) is 37.6 Å². The number of aromatic nitrogens is 1. The minimum Gasteiger partial charge on any atom is -0.497 e. The molecule has 0 aliphatic rings. The predicted molar refractivity (Wildman–Crippen MR) is 94.7 cm³/mol. The van der Waals surface area contributed by atoms with Crippen LogP contribution in [-0.4, -0.2) is 23.8 Å². The van der Waals surface area contributed by atoms with E-state index in [2.05, 4.69) is 10.1 Å². The summed E-state index contributed by atoms with van der Waals surface area (Å²) in [6, 6.07) is 21.6. The zero-order valence-electron chi connectivity index (χ0n) is 13.6. The monoisotopic (exact) mass is 332 g/mol. The molecule has 5 heteroatoms. The molecule has 0 aliphatic carbocycles. The SMILES string of the molecule is COc1ccc(C(=O)O/N=C(/c2ccccc2)c2ccccn2)cc1. The molecule has 0 aliphatic heterocycles. The number of rotatable bonds is 5. The second-order valence-corrected chi connectivity index (χ2v) is 5.13. The molecule has 0 N–H and O–H groups in total. The first-order valence-corrected chi connectivity index (χ1v) is 7.68. The summed E-state index contributed by atoms with van der Waals surface area (Å²) in [5.74, 6) is 0.116. The normalized spacial score (nSPS) is 11.0. The molecule has 1 heterocycles. The molecule has 0 radical (unpaired) electrons. The van der Waals surface area contributed by atoms with Crippen LogP contribution in [0, 0.1) is 0 Å². The van der Waals surface area contributed by atoms with Crippen molar-refractivity contribution >= 4 is 11.7 Å². The Balaban J connectivity index is 1.87. The summed E-state index contributed by atoms with van der Waals surface area (Å²) in [7, 11) is 1.57. The van der Waals surface area contributed by atoms with Gasteiger partial charge in [-0.3, -0.25) is 4.98 Å². The van der Waals surface area contributed by atoms with Crippen LogP contribution in [0.25, 0.3) is 0 Å². The minimum absolute atomic E-state index is 0.387. The molecular formula is C20H16N2O3. The smallest absolute Gasteiger partial charge is 0.365 e. The van der Waals surface area contributed by atoms with Crippen LogP contribution in [0.5, 0.6) is 5.75 Å². The van der Waals surface area contributed by atoms with Crippen molar-refractivity contribution in [3.8, 4) is 5.75 Å². The minimum atomic E-state index is -0.549. The highest BCUT2D eigenvalue weighted by Gasteiger charge is 2.12. The number of hydrogen-bond donors (Lipinski definition) is 0. The zero-order valence-corrected chi connectivity index (χ0v) is 13.6. The highest BCUT2D eigenvalue weighted by Crippen LogP contribution is 2.13. The Bertz CT molecular complexity index is 819. The highest BCUT2D eigenvalue weighted by molar-refractivity contribution is 6.11. The summed E-state index contributed by atoms with van der Waals surface area (Å²) in [5.41, 5.74) is 2.31. The van der Waals surface area contributed by atoms with Gasteiger partial charge in [-0.25, -0.2) is 4.79 Å². The lowest BCUT2D eigenvalue weighted by Crippen LogP contribution is -2.09. The van der Waals surface area contributed by atoms with Gasteiger partial charge in [0.05, 0.1) is 18.4 Å². The molecule has 5 nitrogen and oxygen atoms in total. The largest absolute Gasteiger partial charge is 0.497 e. The van der Waals surface area contributed by atoms with Crippen LogP contribution in [0.2, 0.25) is 0 Å². The number of ether oxygens (including phenoxy) is 1. The van der Waals surface area contributed by atoms with Crippen molar-refractivity contribution in [1.82, 2.24) is 4.98 Å². The van der Waals surface area contributed by atoms with Crippen LogP contribution in [0.1, 0.15) is 21.6 Å². The summed E-state index contributed by atoms with van der Waals surface area (Å²) < 4.78 is 5.07. The van der Waals surface area contributed by atoms with Crippen LogP contribution in [0.4, 0.5) is 0 Å². The molecule has 0 unspecified atom stereocenters. The molecule has 124 valence electrons. The third-order valence-corrected chi connectivity index (χ3v) is 3.50. The maximum Gasteiger partial charge on any atom is 0.365 e. The molecule has 0 saturated carbocycles. The molecule has 25 heavy (non-hydrogen) atoms. The van der Waals surface area contributed by atoms with Crippen molar-refractivity contribution in [3.63, 3.8) is 0 Å². The molecule has 0 fully saturated rings. The van der Waals surface area contributed by atoms with E-state index in [1.807, 2.05) is 48.5 Å². The van der Waals surface area contributed by atoms with E-state index in [4.69, 9.17) is 9.57 Å². The van der Waals surface area contributed by atoms with E-state index in [1.165, 1.54) is 0 Å². The molecule has 0 saturated heterocycles. The Morgan fingerprint density at radius 2 is 1.60 bits per heavy atom. The van der Waals surface area contributed by atoms with E-state index in [0.717, 1.165) is 5.56 Å². The number of benzene rings is 2. The van der Waals surface area contributed by atoms with Gasteiger partial charge in [-0.2, -0.15) is 0 Å². The summed E-state index contributed by atoms with van der Waals surface area (Å²) >= 11 is 0. The Morgan fingerprint density at radius 3 is 2.24 bits per heavy atom. The fraction of sp³-hybridized carbons (Fsp3) is 0.0500.